The van der Waals surface area contributed by atoms with Crippen LogP contribution >= 0.6 is 23.4 Å². The fourth-order valence-corrected chi connectivity index (χ4v) is 2.49. The van der Waals surface area contributed by atoms with Crippen molar-refractivity contribution in [2.75, 3.05) is 6.26 Å². The summed E-state index contributed by atoms with van der Waals surface area (Å²) in [4.78, 5) is 10.2. The minimum absolute atomic E-state index is 0.538. The Morgan fingerprint density at radius 1 is 1.17 bits per heavy atom. The van der Waals surface area contributed by atoms with Crippen LogP contribution in [-0.2, 0) is 0 Å². The number of aromatic nitrogens is 2. The highest BCUT2D eigenvalue weighted by Gasteiger charge is 2.26. The lowest BCUT2D eigenvalue weighted by Crippen LogP contribution is -1.94. The highest BCUT2D eigenvalue weighted by Crippen LogP contribution is 2.40. The maximum atomic E-state index is 6.08. The van der Waals surface area contributed by atoms with E-state index in [0.717, 1.165) is 17.1 Å². The predicted molar refractivity (Wildman–Crippen MR) is 76.2 cm³/mol. The van der Waals surface area contributed by atoms with Crippen LogP contribution in [0.1, 0.15) is 24.5 Å². The van der Waals surface area contributed by atoms with Crippen LogP contribution in [0.5, 0.6) is 0 Å². The van der Waals surface area contributed by atoms with Crippen LogP contribution in [0.3, 0.4) is 0 Å². The van der Waals surface area contributed by atoms with Gasteiger partial charge in [0.05, 0.1) is 0 Å². The molecule has 1 aliphatic rings. The molecule has 4 heteroatoms. The third kappa shape index (κ3) is 2.52. The maximum absolute atomic E-state index is 6.08. The first kappa shape index (κ1) is 12.0. The largest absolute Gasteiger partial charge is 0.233 e. The Morgan fingerprint density at radius 2 is 1.89 bits per heavy atom. The first-order valence-electron chi connectivity index (χ1n) is 5.95. The van der Waals surface area contributed by atoms with E-state index in [9.17, 15) is 0 Å². The summed E-state index contributed by atoms with van der Waals surface area (Å²) in [6.07, 6.45) is 4.51. The summed E-state index contributed by atoms with van der Waals surface area (Å²) in [6.45, 7) is 0. The Labute approximate surface area is 116 Å². The van der Waals surface area contributed by atoms with Gasteiger partial charge in [0, 0.05) is 22.1 Å². The van der Waals surface area contributed by atoms with Crippen molar-refractivity contribution in [3.05, 3.63) is 41.2 Å². The predicted octanol–water partition coefficient (Wildman–Crippen LogP) is 4.40. The molecule has 0 saturated heterocycles. The summed E-state index contributed by atoms with van der Waals surface area (Å²) in [7, 11) is 0. The lowest BCUT2D eigenvalue weighted by atomic mass is 10.2. The number of rotatable bonds is 3. The van der Waals surface area contributed by atoms with Crippen molar-refractivity contribution in [1.29, 1.82) is 0 Å². The van der Waals surface area contributed by atoms with Gasteiger partial charge in [-0.25, -0.2) is 9.97 Å². The van der Waals surface area contributed by atoms with Gasteiger partial charge in [-0.2, -0.15) is 0 Å². The molecule has 1 saturated carbocycles. The minimum Gasteiger partial charge on any atom is -0.233 e. The molecule has 0 atom stereocenters. The summed E-state index contributed by atoms with van der Waals surface area (Å²) in [5.41, 5.74) is 2.11. The van der Waals surface area contributed by atoms with Gasteiger partial charge in [-0.1, -0.05) is 23.7 Å². The molecular weight excluding hydrogens is 264 g/mol. The van der Waals surface area contributed by atoms with E-state index in [1.54, 1.807) is 11.8 Å². The molecule has 2 nitrogen and oxygen atoms in total. The monoisotopic (exact) mass is 276 g/mol. The van der Waals surface area contributed by atoms with E-state index in [1.807, 2.05) is 18.2 Å². The van der Waals surface area contributed by atoms with E-state index in [1.165, 1.54) is 17.7 Å². The smallest absolute Gasteiger partial charge is 0.161 e. The van der Waals surface area contributed by atoms with Crippen molar-refractivity contribution >= 4 is 23.4 Å². The third-order valence-electron chi connectivity index (χ3n) is 3.06. The molecule has 2 aromatic rings. The molecule has 1 fully saturated rings. The minimum atomic E-state index is 0.538. The zero-order valence-electron chi connectivity index (χ0n) is 10.1. The SMILES string of the molecule is CSc1ccc(-c2nc(Cl)cc(C3CC3)n2)cc1. The van der Waals surface area contributed by atoms with Gasteiger partial charge in [-0.3, -0.25) is 0 Å². The van der Waals surface area contributed by atoms with Gasteiger partial charge in [0.1, 0.15) is 5.15 Å². The summed E-state index contributed by atoms with van der Waals surface area (Å²) in [6, 6.07) is 10.2. The number of thioether (sulfide) groups is 1. The summed E-state index contributed by atoms with van der Waals surface area (Å²) >= 11 is 7.80. The molecule has 0 N–H and O–H groups in total. The van der Waals surface area contributed by atoms with Crippen molar-refractivity contribution in [3.63, 3.8) is 0 Å². The first-order valence-corrected chi connectivity index (χ1v) is 7.55. The van der Waals surface area contributed by atoms with Gasteiger partial charge in [-0.05, 0) is 37.3 Å². The second-order valence-electron chi connectivity index (χ2n) is 4.44. The van der Waals surface area contributed by atoms with E-state index in [0.29, 0.717) is 11.1 Å². The van der Waals surface area contributed by atoms with Crippen LogP contribution in [0.25, 0.3) is 11.4 Å². The molecule has 0 aliphatic heterocycles. The van der Waals surface area contributed by atoms with E-state index in [4.69, 9.17) is 11.6 Å². The van der Waals surface area contributed by atoms with Crippen LogP contribution in [-0.4, -0.2) is 16.2 Å². The molecule has 0 radical (unpaired) electrons. The lowest BCUT2D eigenvalue weighted by molar-refractivity contribution is 0.994. The highest BCUT2D eigenvalue weighted by molar-refractivity contribution is 7.98. The van der Waals surface area contributed by atoms with Gasteiger partial charge in [-0.15, -0.1) is 11.8 Å². The molecule has 1 heterocycles. The molecule has 0 amide bonds. The number of hydrogen-bond acceptors (Lipinski definition) is 3. The van der Waals surface area contributed by atoms with Crippen LogP contribution < -0.4 is 0 Å². The standard InChI is InChI=1S/C14H13ClN2S/c1-18-11-6-4-10(5-7-11)14-16-12(9-2-3-9)8-13(15)17-14/h4-9H,2-3H2,1H3. The molecule has 1 aliphatic carbocycles. The molecule has 0 bridgehead atoms. The van der Waals surface area contributed by atoms with Crippen molar-refractivity contribution in [2.24, 2.45) is 0 Å². The van der Waals surface area contributed by atoms with Crippen LogP contribution in [0.2, 0.25) is 5.15 Å². The maximum Gasteiger partial charge on any atom is 0.161 e. The van der Waals surface area contributed by atoms with E-state index in [-0.39, 0.29) is 0 Å². The lowest BCUT2D eigenvalue weighted by Gasteiger charge is -2.05. The summed E-state index contributed by atoms with van der Waals surface area (Å²) < 4.78 is 0. The molecule has 3 rings (SSSR count). The van der Waals surface area contributed by atoms with E-state index >= 15 is 0 Å². The van der Waals surface area contributed by atoms with Crippen LogP contribution in [0.15, 0.2) is 35.2 Å². The second-order valence-corrected chi connectivity index (χ2v) is 5.71. The van der Waals surface area contributed by atoms with Crippen molar-refractivity contribution in [3.8, 4) is 11.4 Å². The Morgan fingerprint density at radius 3 is 2.50 bits per heavy atom. The quantitative estimate of drug-likeness (QED) is 0.614. The van der Waals surface area contributed by atoms with Gasteiger partial charge >= 0.3 is 0 Å². The van der Waals surface area contributed by atoms with Crippen LogP contribution in [0.4, 0.5) is 0 Å². The average molecular weight is 277 g/mol. The number of hydrogen-bond donors (Lipinski definition) is 0. The fourth-order valence-electron chi connectivity index (χ4n) is 1.89. The van der Waals surface area contributed by atoms with Crippen molar-refractivity contribution < 1.29 is 0 Å². The molecule has 92 valence electrons. The van der Waals surface area contributed by atoms with Crippen molar-refractivity contribution in [2.45, 2.75) is 23.7 Å². The van der Waals surface area contributed by atoms with Gasteiger partial charge < -0.3 is 0 Å². The molecule has 1 aromatic heterocycles. The fraction of sp³-hybridized carbons (Fsp3) is 0.286. The number of nitrogens with zero attached hydrogens (tertiary/aromatic N) is 2. The van der Waals surface area contributed by atoms with Gasteiger partial charge in [0.2, 0.25) is 0 Å². The molecule has 18 heavy (non-hydrogen) atoms. The average Bonchev–Trinajstić information content (AvgIpc) is 3.22. The molecule has 0 unspecified atom stereocenters. The first-order chi connectivity index (χ1) is 8.76. The normalized spacial score (nSPS) is 14.8. The molecular formula is C14H13ClN2S. The summed E-state index contributed by atoms with van der Waals surface area (Å²) in [5, 5.41) is 0.538. The second kappa shape index (κ2) is 4.90. The van der Waals surface area contributed by atoms with Crippen LogP contribution in [0, 0.1) is 0 Å². The zero-order valence-corrected chi connectivity index (χ0v) is 11.6. The molecule has 0 spiro atoms. The Balaban J connectivity index is 1.98. The third-order valence-corrected chi connectivity index (χ3v) is 4.00. The Kier molecular flexibility index (Phi) is 3.27. The Bertz CT molecular complexity index is 565. The number of benzene rings is 1. The number of halogens is 1. The van der Waals surface area contributed by atoms with Gasteiger partial charge in [0.15, 0.2) is 5.82 Å². The topological polar surface area (TPSA) is 25.8 Å². The van der Waals surface area contributed by atoms with Gasteiger partial charge in [0.25, 0.3) is 0 Å². The molecule has 1 aromatic carbocycles. The van der Waals surface area contributed by atoms with E-state index in [2.05, 4.69) is 28.4 Å². The van der Waals surface area contributed by atoms with Crippen molar-refractivity contribution in [1.82, 2.24) is 9.97 Å². The summed E-state index contributed by atoms with van der Waals surface area (Å²) in [5.74, 6) is 1.33. The van der Waals surface area contributed by atoms with E-state index < -0.39 is 0 Å². The highest BCUT2D eigenvalue weighted by atomic mass is 35.5. The Hall–Kier alpha value is -1.06. The zero-order chi connectivity index (χ0) is 12.5.